The molecule has 0 aliphatic rings. The molecule has 0 spiro atoms. The van der Waals surface area contributed by atoms with Crippen molar-refractivity contribution >= 4 is 27.5 Å². The summed E-state index contributed by atoms with van der Waals surface area (Å²) in [4.78, 5) is 23.3. The van der Waals surface area contributed by atoms with Gasteiger partial charge in [0.15, 0.2) is 0 Å². The maximum absolute atomic E-state index is 14.6. The summed E-state index contributed by atoms with van der Waals surface area (Å²) in [6, 6.07) is 19.0. The average molecular weight is 443 g/mol. The van der Waals surface area contributed by atoms with Crippen molar-refractivity contribution in [1.29, 1.82) is 0 Å². The molecule has 0 aliphatic carbocycles. The molecular weight excluding hydrogens is 427 g/mol. The number of hydrogen-bond acceptors (Lipinski definition) is 3. The van der Waals surface area contributed by atoms with Gasteiger partial charge in [0.1, 0.15) is 5.82 Å². The Morgan fingerprint density at radius 3 is 2.43 bits per heavy atom. The van der Waals surface area contributed by atoms with E-state index in [1.54, 1.807) is 48.5 Å². The third-order valence-electron chi connectivity index (χ3n) is 4.25. The second kappa shape index (κ2) is 8.75. The molecule has 28 heavy (non-hydrogen) atoms. The monoisotopic (exact) mass is 442 g/mol. The van der Waals surface area contributed by atoms with Crippen LogP contribution in [0.1, 0.15) is 22.7 Å². The van der Waals surface area contributed by atoms with Gasteiger partial charge in [-0.15, -0.1) is 0 Å². The van der Waals surface area contributed by atoms with Crippen LogP contribution in [0, 0.1) is 15.9 Å². The number of nitrogens with zero attached hydrogens (tertiary/aromatic N) is 1. The highest BCUT2D eigenvalue weighted by Crippen LogP contribution is 2.27. The summed E-state index contributed by atoms with van der Waals surface area (Å²) < 4.78 is 15.2. The number of carbonyl (C=O) groups excluding carboxylic acids is 1. The van der Waals surface area contributed by atoms with Gasteiger partial charge in [-0.1, -0.05) is 70.5 Å². The number of para-hydroxylation sites is 1. The lowest BCUT2D eigenvalue weighted by atomic mass is 9.97. The molecule has 1 atom stereocenters. The Bertz CT molecular complexity index is 1010. The highest BCUT2D eigenvalue weighted by atomic mass is 79.9. The van der Waals surface area contributed by atoms with Gasteiger partial charge in [-0.2, -0.15) is 0 Å². The summed E-state index contributed by atoms with van der Waals surface area (Å²) in [5.41, 5.74) is 1.20. The summed E-state index contributed by atoms with van der Waals surface area (Å²) in [5.74, 6) is -0.903. The van der Waals surface area contributed by atoms with Gasteiger partial charge in [0, 0.05) is 21.7 Å². The maximum atomic E-state index is 14.6. The van der Waals surface area contributed by atoms with Gasteiger partial charge in [-0.3, -0.25) is 14.9 Å². The van der Waals surface area contributed by atoms with Gasteiger partial charge in [0.25, 0.3) is 5.69 Å². The van der Waals surface area contributed by atoms with Crippen molar-refractivity contribution in [2.24, 2.45) is 0 Å². The minimum Gasteiger partial charge on any atom is -0.345 e. The first kappa shape index (κ1) is 19.7. The first-order valence-electron chi connectivity index (χ1n) is 8.47. The second-order valence-electron chi connectivity index (χ2n) is 6.14. The molecule has 0 saturated carbocycles. The van der Waals surface area contributed by atoms with E-state index in [4.69, 9.17) is 0 Å². The van der Waals surface area contributed by atoms with E-state index in [1.165, 1.54) is 18.2 Å². The third-order valence-corrected chi connectivity index (χ3v) is 4.74. The number of amides is 1. The Morgan fingerprint density at radius 2 is 1.75 bits per heavy atom. The number of halogens is 2. The van der Waals surface area contributed by atoms with E-state index >= 15 is 0 Å². The first-order chi connectivity index (χ1) is 13.5. The molecule has 1 amide bonds. The van der Waals surface area contributed by atoms with E-state index in [1.807, 2.05) is 6.07 Å². The average Bonchev–Trinajstić information content (AvgIpc) is 2.67. The molecule has 142 valence electrons. The molecule has 5 nitrogen and oxygen atoms in total. The summed E-state index contributed by atoms with van der Waals surface area (Å²) >= 11 is 3.23. The third kappa shape index (κ3) is 4.61. The summed E-state index contributed by atoms with van der Waals surface area (Å²) in [6.45, 7) is 0. The zero-order valence-electron chi connectivity index (χ0n) is 14.6. The van der Waals surface area contributed by atoms with E-state index in [9.17, 15) is 19.3 Å². The molecule has 3 rings (SSSR count). The first-order valence-corrected chi connectivity index (χ1v) is 9.26. The van der Waals surface area contributed by atoms with Gasteiger partial charge in [-0.05, 0) is 17.7 Å². The van der Waals surface area contributed by atoms with Gasteiger partial charge in [-0.25, -0.2) is 4.39 Å². The molecule has 0 bridgehead atoms. The molecule has 1 unspecified atom stereocenters. The Kier molecular flexibility index (Phi) is 6.16. The minimum atomic E-state index is -0.718. The highest BCUT2D eigenvalue weighted by molar-refractivity contribution is 9.10. The predicted molar refractivity (Wildman–Crippen MR) is 107 cm³/mol. The van der Waals surface area contributed by atoms with Crippen LogP contribution >= 0.6 is 15.9 Å². The molecule has 7 heteroatoms. The Balaban J connectivity index is 1.90. The van der Waals surface area contributed by atoms with Gasteiger partial charge < -0.3 is 5.32 Å². The normalized spacial score (nSPS) is 11.6. The minimum absolute atomic E-state index is 0.122. The summed E-state index contributed by atoms with van der Waals surface area (Å²) in [5, 5.41) is 14.0. The molecule has 1 N–H and O–H groups in total. The van der Waals surface area contributed by atoms with Crippen LogP contribution in [-0.2, 0) is 11.2 Å². The van der Waals surface area contributed by atoms with Gasteiger partial charge >= 0.3 is 0 Å². The fraction of sp³-hybridized carbons (Fsp3) is 0.0952. The van der Waals surface area contributed by atoms with Crippen molar-refractivity contribution in [3.8, 4) is 0 Å². The lowest BCUT2D eigenvalue weighted by Crippen LogP contribution is -2.31. The molecule has 3 aromatic carbocycles. The molecule has 0 fully saturated rings. The number of nitrogens with one attached hydrogen (secondary N) is 1. The summed E-state index contributed by atoms with van der Waals surface area (Å²) in [6.07, 6.45) is -0.182. The summed E-state index contributed by atoms with van der Waals surface area (Å²) in [7, 11) is 0. The number of benzene rings is 3. The molecular formula is C21H16BrFN2O3. The fourth-order valence-electron chi connectivity index (χ4n) is 2.95. The van der Waals surface area contributed by atoms with Crippen LogP contribution in [0.2, 0.25) is 0 Å². The van der Waals surface area contributed by atoms with Crippen molar-refractivity contribution in [3.63, 3.8) is 0 Å². The van der Waals surface area contributed by atoms with Crippen LogP contribution in [0.3, 0.4) is 0 Å². The number of nitro groups is 1. The number of rotatable bonds is 6. The molecule has 0 aromatic heterocycles. The SMILES string of the molecule is O=C(Cc1ccccc1[N+](=O)[O-])NC(c1ccccc1)c1ccc(Br)cc1F. The van der Waals surface area contributed by atoms with Gasteiger partial charge in [0.2, 0.25) is 5.91 Å². The van der Waals surface area contributed by atoms with E-state index in [2.05, 4.69) is 21.2 Å². The fourth-order valence-corrected chi connectivity index (χ4v) is 3.28. The highest BCUT2D eigenvalue weighted by Gasteiger charge is 2.22. The molecule has 3 aromatic rings. The van der Waals surface area contributed by atoms with E-state index in [-0.39, 0.29) is 12.1 Å². The van der Waals surface area contributed by atoms with Crippen LogP contribution in [0.5, 0.6) is 0 Å². The van der Waals surface area contributed by atoms with Crippen LogP contribution in [0.15, 0.2) is 77.3 Å². The zero-order chi connectivity index (χ0) is 20.1. The number of nitro benzene ring substituents is 1. The smallest absolute Gasteiger partial charge is 0.273 e. The number of hydrogen-bond donors (Lipinski definition) is 1. The van der Waals surface area contributed by atoms with E-state index < -0.39 is 22.7 Å². The lowest BCUT2D eigenvalue weighted by molar-refractivity contribution is -0.385. The quantitative estimate of drug-likeness (QED) is 0.433. The van der Waals surface area contributed by atoms with Crippen LogP contribution in [0.25, 0.3) is 0 Å². The van der Waals surface area contributed by atoms with Crippen molar-refractivity contribution in [1.82, 2.24) is 5.32 Å². The molecule has 0 radical (unpaired) electrons. The van der Waals surface area contributed by atoms with Crippen molar-refractivity contribution in [3.05, 3.63) is 110 Å². The molecule has 0 saturated heterocycles. The zero-order valence-corrected chi connectivity index (χ0v) is 16.2. The largest absolute Gasteiger partial charge is 0.345 e. The van der Waals surface area contributed by atoms with Crippen molar-refractivity contribution in [2.45, 2.75) is 12.5 Å². The Labute approximate surface area is 169 Å². The molecule has 0 aliphatic heterocycles. The lowest BCUT2D eigenvalue weighted by Gasteiger charge is -2.20. The molecule has 0 heterocycles. The number of carbonyl (C=O) groups is 1. The van der Waals surface area contributed by atoms with Crippen molar-refractivity contribution < 1.29 is 14.1 Å². The maximum Gasteiger partial charge on any atom is 0.273 e. The van der Waals surface area contributed by atoms with Crippen LogP contribution in [0.4, 0.5) is 10.1 Å². The second-order valence-corrected chi connectivity index (χ2v) is 7.06. The predicted octanol–water partition coefficient (Wildman–Crippen LogP) is 4.94. The van der Waals surface area contributed by atoms with E-state index in [0.29, 0.717) is 21.2 Å². The van der Waals surface area contributed by atoms with Crippen molar-refractivity contribution in [2.75, 3.05) is 0 Å². The van der Waals surface area contributed by atoms with Gasteiger partial charge in [0.05, 0.1) is 17.4 Å². The van der Waals surface area contributed by atoms with Crippen LogP contribution < -0.4 is 5.32 Å². The topological polar surface area (TPSA) is 72.2 Å². The Hall–Kier alpha value is -3.06. The van der Waals surface area contributed by atoms with Crippen LogP contribution in [-0.4, -0.2) is 10.8 Å². The Morgan fingerprint density at radius 1 is 1.07 bits per heavy atom. The van der Waals surface area contributed by atoms with E-state index in [0.717, 1.165) is 0 Å². The standard InChI is InChI=1S/C21H16BrFN2O3/c22-16-10-11-17(18(23)13-16)21(14-6-2-1-3-7-14)24-20(26)12-15-8-4-5-9-19(15)25(27)28/h1-11,13,21H,12H2,(H,24,26).